The highest BCUT2D eigenvalue weighted by Crippen LogP contribution is 2.30. The second-order valence-electron chi connectivity index (χ2n) is 7.04. The fraction of sp³-hybridized carbons (Fsp3) is 0.227. The monoisotopic (exact) mass is 426 g/mol. The number of nitrogens with one attached hydrogen (secondary N) is 1. The average Bonchev–Trinajstić information content (AvgIpc) is 3.31. The molecule has 2 heterocycles. The van der Waals surface area contributed by atoms with Crippen molar-refractivity contribution in [3.63, 3.8) is 0 Å². The van der Waals surface area contributed by atoms with Gasteiger partial charge in [-0.1, -0.05) is 54.6 Å². The Kier molecular flexibility index (Phi) is 5.80. The van der Waals surface area contributed by atoms with Gasteiger partial charge in [-0.3, -0.25) is 4.79 Å². The van der Waals surface area contributed by atoms with Crippen LogP contribution in [0, 0.1) is 5.92 Å². The Labute approximate surface area is 175 Å². The van der Waals surface area contributed by atoms with E-state index in [4.69, 9.17) is 0 Å². The first-order chi connectivity index (χ1) is 14.1. The van der Waals surface area contributed by atoms with Gasteiger partial charge in [-0.25, -0.2) is 8.42 Å². The number of benzene rings is 2. The third kappa shape index (κ3) is 4.27. The molecule has 0 unspecified atom stereocenters. The number of thiophene rings is 1. The smallest absolute Gasteiger partial charge is 0.252 e. The van der Waals surface area contributed by atoms with Gasteiger partial charge >= 0.3 is 0 Å². The third-order valence-corrected chi connectivity index (χ3v) is 8.35. The number of carbonyl (C=O) groups is 1. The first kappa shape index (κ1) is 19.8. The maximum absolute atomic E-state index is 13.0. The molecule has 7 heteroatoms. The van der Waals surface area contributed by atoms with E-state index in [1.807, 2.05) is 54.6 Å². The Morgan fingerprint density at radius 1 is 1.00 bits per heavy atom. The minimum atomic E-state index is -3.54. The molecule has 1 N–H and O–H groups in total. The molecule has 0 spiro atoms. The van der Waals surface area contributed by atoms with E-state index in [0.29, 0.717) is 23.6 Å². The van der Waals surface area contributed by atoms with E-state index in [1.165, 1.54) is 15.6 Å². The van der Waals surface area contributed by atoms with Crippen LogP contribution < -0.4 is 5.32 Å². The highest BCUT2D eigenvalue weighted by atomic mass is 32.2. The summed E-state index contributed by atoms with van der Waals surface area (Å²) in [6.45, 7) is 0.657. The molecule has 1 atom stereocenters. The van der Waals surface area contributed by atoms with Gasteiger partial charge in [0.1, 0.15) is 4.21 Å². The van der Waals surface area contributed by atoms with Crippen molar-refractivity contribution in [2.24, 2.45) is 5.92 Å². The lowest BCUT2D eigenvalue weighted by molar-refractivity contribution is -0.120. The summed E-state index contributed by atoms with van der Waals surface area (Å²) in [5, 5.41) is 4.78. The van der Waals surface area contributed by atoms with Crippen LogP contribution in [-0.2, 0) is 14.8 Å². The lowest BCUT2D eigenvalue weighted by atomic mass is 9.98. The summed E-state index contributed by atoms with van der Waals surface area (Å²) in [5.41, 5.74) is 2.70. The number of nitrogens with zero attached hydrogens (tertiary/aromatic N) is 1. The topological polar surface area (TPSA) is 66.5 Å². The van der Waals surface area contributed by atoms with E-state index in [-0.39, 0.29) is 18.4 Å². The molecular weight excluding hydrogens is 404 g/mol. The molecule has 1 aromatic heterocycles. The van der Waals surface area contributed by atoms with Crippen LogP contribution in [0.1, 0.15) is 12.8 Å². The average molecular weight is 427 g/mol. The summed E-state index contributed by atoms with van der Waals surface area (Å²) in [4.78, 5) is 13.0. The van der Waals surface area contributed by atoms with Crippen molar-refractivity contribution in [2.45, 2.75) is 17.1 Å². The molecule has 4 rings (SSSR count). The number of para-hydroxylation sites is 1. The van der Waals surface area contributed by atoms with Gasteiger partial charge in [0.15, 0.2) is 0 Å². The molecule has 0 aliphatic carbocycles. The largest absolute Gasteiger partial charge is 0.325 e. The summed E-state index contributed by atoms with van der Waals surface area (Å²) in [6, 6.07) is 20.9. The van der Waals surface area contributed by atoms with E-state index in [0.717, 1.165) is 16.8 Å². The standard InChI is InChI=1S/C22H22N2O3S2/c25-22(23-20-12-5-4-11-19(20)17-8-2-1-3-9-17)18-10-6-14-24(16-18)29(26,27)21-13-7-15-28-21/h1-5,7-9,11-13,15,18H,6,10,14,16H2,(H,23,25)/t18-/m0/s1. The van der Waals surface area contributed by atoms with Crippen LogP contribution in [0.2, 0.25) is 0 Å². The van der Waals surface area contributed by atoms with Gasteiger partial charge in [-0.2, -0.15) is 4.31 Å². The quantitative estimate of drug-likeness (QED) is 0.655. The van der Waals surface area contributed by atoms with Crippen molar-refractivity contribution in [1.82, 2.24) is 4.31 Å². The molecule has 29 heavy (non-hydrogen) atoms. The fourth-order valence-electron chi connectivity index (χ4n) is 3.61. The number of rotatable bonds is 5. The molecule has 150 valence electrons. The van der Waals surface area contributed by atoms with Crippen molar-refractivity contribution in [2.75, 3.05) is 18.4 Å². The molecule has 0 bridgehead atoms. The molecule has 1 fully saturated rings. The number of hydrogen-bond donors (Lipinski definition) is 1. The molecule has 1 amide bonds. The number of sulfonamides is 1. The van der Waals surface area contributed by atoms with Gasteiger partial charge < -0.3 is 5.32 Å². The van der Waals surface area contributed by atoms with Crippen LogP contribution >= 0.6 is 11.3 Å². The first-order valence-corrected chi connectivity index (χ1v) is 11.9. The predicted octanol–water partition coefficient (Wildman–Crippen LogP) is 4.45. The normalized spacial score (nSPS) is 17.7. The molecule has 5 nitrogen and oxygen atoms in total. The third-order valence-electron chi connectivity index (χ3n) is 5.11. The number of carbonyl (C=O) groups excluding carboxylic acids is 1. The molecule has 3 aromatic rings. The zero-order valence-electron chi connectivity index (χ0n) is 15.8. The van der Waals surface area contributed by atoms with Gasteiger partial charge in [0.25, 0.3) is 10.0 Å². The highest BCUT2D eigenvalue weighted by molar-refractivity contribution is 7.91. The van der Waals surface area contributed by atoms with Gasteiger partial charge in [0, 0.05) is 24.3 Å². The molecule has 2 aromatic carbocycles. The SMILES string of the molecule is O=C(Nc1ccccc1-c1ccccc1)[C@H]1CCCN(S(=O)(=O)c2cccs2)C1. The van der Waals surface area contributed by atoms with Gasteiger partial charge in [0.05, 0.1) is 5.92 Å². The maximum Gasteiger partial charge on any atom is 0.252 e. The first-order valence-electron chi connectivity index (χ1n) is 9.54. The molecular formula is C22H22N2O3S2. The van der Waals surface area contributed by atoms with Crippen LogP contribution in [0.3, 0.4) is 0 Å². The van der Waals surface area contributed by atoms with Crippen LogP contribution in [0.25, 0.3) is 11.1 Å². The van der Waals surface area contributed by atoms with Crippen LogP contribution in [0.5, 0.6) is 0 Å². The van der Waals surface area contributed by atoms with E-state index in [2.05, 4.69) is 5.32 Å². The number of anilines is 1. The molecule has 1 aliphatic rings. The number of hydrogen-bond acceptors (Lipinski definition) is 4. The minimum absolute atomic E-state index is 0.139. The van der Waals surface area contributed by atoms with Gasteiger partial charge in [-0.15, -0.1) is 11.3 Å². The van der Waals surface area contributed by atoms with Crippen molar-refractivity contribution >= 4 is 33.0 Å². The number of piperidine rings is 1. The van der Waals surface area contributed by atoms with Crippen molar-refractivity contribution in [1.29, 1.82) is 0 Å². The second-order valence-corrected chi connectivity index (χ2v) is 10.1. The Bertz CT molecular complexity index is 1080. The van der Waals surface area contributed by atoms with Crippen molar-refractivity contribution in [3.05, 3.63) is 72.1 Å². The summed E-state index contributed by atoms with van der Waals surface area (Å²) in [5.74, 6) is -0.512. The maximum atomic E-state index is 13.0. The zero-order valence-corrected chi connectivity index (χ0v) is 17.5. The van der Waals surface area contributed by atoms with E-state index in [9.17, 15) is 13.2 Å². The predicted molar refractivity (Wildman–Crippen MR) is 116 cm³/mol. The second kappa shape index (κ2) is 8.49. The van der Waals surface area contributed by atoms with Crippen LogP contribution in [0.15, 0.2) is 76.3 Å². The Balaban J connectivity index is 1.51. The lowest BCUT2D eigenvalue weighted by Gasteiger charge is -2.31. The lowest BCUT2D eigenvalue weighted by Crippen LogP contribution is -2.43. The van der Waals surface area contributed by atoms with Crippen molar-refractivity contribution < 1.29 is 13.2 Å². The Morgan fingerprint density at radius 3 is 2.52 bits per heavy atom. The molecule has 1 saturated heterocycles. The Hall–Kier alpha value is -2.48. The van der Waals surface area contributed by atoms with Crippen LogP contribution in [-0.4, -0.2) is 31.7 Å². The summed E-state index contributed by atoms with van der Waals surface area (Å²) >= 11 is 1.21. The van der Waals surface area contributed by atoms with Crippen LogP contribution in [0.4, 0.5) is 5.69 Å². The van der Waals surface area contributed by atoms with Crippen molar-refractivity contribution in [3.8, 4) is 11.1 Å². The van der Waals surface area contributed by atoms with Gasteiger partial charge in [-0.05, 0) is 35.9 Å². The number of amides is 1. The summed E-state index contributed by atoms with van der Waals surface area (Å²) < 4.78 is 27.4. The molecule has 0 saturated carbocycles. The summed E-state index contributed by atoms with van der Waals surface area (Å²) in [6.07, 6.45) is 1.35. The Morgan fingerprint density at radius 2 is 1.76 bits per heavy atom. The molecule has 0 radical (unpaired) electrons. The zero-order chi connectivity index (χ0) is 20.3. The minimum Gasteiger partial charge on any atom is -0.325 e. The van der Waals surface area contributed by atoms with E-state index in [1.54, 1.807) is 17.5 Å². The van der Waals surface area contributed by atoms with E-state index < -0.39 is 10.0 Å². The summed E-state index contributed by atoms with van der Waals surface area (Å²) in [7, 11) is -3.54. The van der Waals surface area contributed by atoms with E-state index >= 15 is 0 Å². The highest BCUT2D eigenvalue weighted by Gasteiger charge is 2.34. The molecule has 1 aliphatic heterocycles. The van der Waals surface area contributed by atoms with Gasteiger partial charge in [0.2, 0.25) is 5.91 Å². The fourth-order valence-corrected chi connectivity index (χ4v) is 6.28.